The molecule has 2 aliphatic rings. The quantitative estimate of drug-likeness (QED) is 0.825. The van der Waals surface area contributed by atoms with Gasteiger partial charge in [-0.2, -0.15) is 0 Å². The van der Waals surface area contributed by atoms with Crippen LogP contribution in [-0.2, 0) is 4.79 Å². The molecule has 2 aliphatic carbocycles. The van der Waals surface area contributed by atoms with Crippen LogP contribution >= 0.6 is 0 Å². The van der Waals surface area contributed by atoms with E-state index in [0.29, 0.717) is 12.5 Å². The highest BCUT2D eigenvalue weighted by molar-refractivity contribution is 5.79. The van der Waals surface area contributed by atoms with Gasteiger partial charge in [-0.1, -0.05) is 26.7 Å². The van der Waals surface area contributed by atoms with Crippen LogP contribution in [0.5, 0.6) is 0 Å². The normalized spacial score (nSPS) is 39.8. The summed E-state index contributed by atoms with van der Waals surface area (Å²) in [6.45, 7) is 5.16. The molecule has 0 saturated heterocycles. The van der Waals surface area contributed by atoms with Crippen molar-refractivity contribution in [3.63, 3.8) is 0 Å². The Bertz CT molecular complexity index is 310. The van der Waals surface area contributed by atoms with E-state index in [4.69, 9.17) is 5.73 Å². The highest BCUT2D eigenvalue weighted by atomic mass is 16.2. The standard InChI is InChI=1S/C16H30N2O/c1-12-5-7-14(8-6-12)15(19)18-16(11-17)9-3-4-13(2)10-16/h12-14H,3-11,17H2,1-2H3,(H,18,19). The molecule has 3 heteroatoms. The summed E-state index contributed by atoms with van der Waals surface area (Å²) in [5, 5.41) is 3.33. The molecule has 3 nitrogen and oxygen atoms in total. The van der Waals surface area contributed by atoms with Gasteiger partial charge in [0.05, 0.1) is 5.54 Å². The molecular weight excluding hydrogens is 236 g/mol. The molecule has 110 valence electrons. The first-order valence-electron chi connectivity index (χ1n) is 8.07. The molecule has 0 radical (unpaired) electrons. The molecule has 0 bridgehead atoms. The Morgan fingerprint density at radius 2 is 1.84 bits per heavy atom. The molecule has 19 heavy (non-hydrogen) atoms. The number of hydrogen-bond acceptors (Lipinski definition) is 2. The van der Waals surface area contributed by atoms with E-state index in [9.17, 15) is 4.79 Å². The van der Waals surface area contributed by atoms with Crippen molar-refractivity contribution in [1.29, 1.82) is 0 Å². The molecule has 2 rings (SSSR count). The molecule has 3 N–H and O–H groups in total. The lowest BCUT2D eigenvalue weighted by Gasteiger charge is -2.41. The van der Waals surface area contributed by atoms with Gasteiger partial charge in [-0.25, -0.2) is 0 Å². The molecular formula is C16H30N2O. The van der Waals surface area contributed by atoms with Crippen molar-refractivity contribution >= 4 is 5.91 Å². The molecule has 2 unspecified atom stereocenters. The molecule has 2 fully saturated rings. The van der Waals surface area contributed by atoms with E-state index in [-0.39, 0.29) is 17.4 Å². The molecule has 1 amide bonds. The first-order chi connectivity index (χ1) is 9.04. The number of carbonyl (C=O) groups is 1. The van der Waals surface area contributed by atoms with Gasteiger partial charge >= 0.3 is 0 Å². The van der Waals surface area contributed by atoms with Crippen LogP contribution in [0.15, 0.2) is 0 Å². The summed E-state index contributed by atoms with van der Waals surface area (Å²) in [6, 6.07) is 0. The van der Waals surface area contributed by atoms with E-state index in [2.05, 4.69) is 19.2 Å². The predicted molar refractivity (Wildman–Crippen MR) is 78.7 cm³/mol. The van der Waals surface area contributed by atoms with Crippen LogP contribution in [0.4, 0.5) is 0 Å². The molecule has 0 aromatic rings. The highest BCUT2D eigenvalue weighted by Gasteiger charge is 2.37. The maximum absolute atomic E-state index is 12.5. The SMILES string of the molecule is CC1CCC(C(=O)NC2(CN)CCCC(C)C2)CC1. The van der Waals surface area contributed by atoms with Crippen molar-refractivity contribution in [1.82, 2.24) is 5.32 Å². The van der Waals surface area contributed by atoms with Gasteiger partial charge in [0.2, 0.25) is 5.91 Å². The van der Waals surface area contributed by atoms with E-state index >= 15 is 0 Å². The summed E-state index contributed by atoms with van der Waals surface area (Å²) in [7, 11) is 0. The van der Waals surface area contributed by atoms with Crippen LogP contribution < -0.4 is 11.1 Å². The van der Waals surface area contributed by atoms with Crippen LogP contribution in [0.1, 0.15) is 65.2 Å². The van der Waals surface area contributed by atoms with Crippen LogP contribution in [0.3, 0.4) is 0 Å². The Morgan fingerprint density at radius 3 is 2.42 bits per heavy atom. The summed E-state index contributed by atoms with van der Waals surface area (Å²) in [4.78, 5) is 12.5. The fraction of sp³-hybridized carbons (Fsp3) is 0.938. The van der Waals surface area contributed by atoms with Gasteiger partial charge in [0.25, 0.3) is 0 Å². The fourth-order valence-corrected chi connectivity index (χ4v) is 3.90. The van der Waals surface area contributed by atoms with Crippen molar-refractivity contribution < 1.29 is 4.79 Å². The third-order valence-corrected chi connectivity index (χ3v) is 5.26. The Hall–Kier alpha value is -0.570. The molecule has 0 aromatic carbocycles. The number of carbonyl (C=O) groups excluding carboxylic acids is 1. The van der Waals surface area contributed by atoms with E-state index in [0.717, 1.165) is 31.6 Å². The maximum Gasteiger partial charge on any atom is 0.223 e. The second kappa shape index (κ2) is 6.25. The Morgan fingerprint density at radius 1 is 1.16 bits per heavy atom. The van der Waals surface area contributed by atoms with Crippen LogP contribution in [-0.4, -0.2) is 18.0 Å². The average Bonchev–Trinajstić information content (AvgIpc) is 2.39. The lowest BCUT2D eigenvalue weighted by Crippen LogP contribution is -2.57. The van der Waals surface area contributed by atoms with Gasteiger partial charge in [-0.05, 0) is 50.4 Å². The molecule has 2 atom stereocenters. The Kier molecular flexibility index (Phi) is 4.88. The lowest BCUT2D eigenvalue weighted by molar-refractivity contribution is -0.128. The average molecular weight is 266 g/mol. The largest absolute Gasteiger partial charge is 0.349 e. The van der Waals surface area contributed by atoms with Crippen molar-refractivity contribution in [2.24, 2.45) is 23.5 Å². The van der Waals surface area contributed by atoms with E-state index in [1.54, 1.807) is 0 Å². The summed E-state index contributed by atoms with van der Waals surface area (Å²) < 4.78 is 0. The minimum Gasteiger partial charge on any atom is -0.349 e. The van der Waals surface area contributed by atoms with Crippen molar-refractivity contribution in [2.75, 3.05) is 6.54 Å². The second-order valence-electron chi connectivity index (χ2n) is 7.13. The Balaban J connectivity index is 1.92. The molecule has 0 heterocycles. The number of nitrogens with one attached hydrogen (secondary N) is 1. The third-order valence-electron chi connectivity index (χ3n) is 5.26. The van der Waals surface area contributed by atoms with Crippen LogP contribution in [0.25, 0.3) is 0 Å². The zero-order valence-electron chi connectivity index (χ0n) is 12.6. The summed E-state index contributed by atoms with van der Waals surface area (Å²) in [5.74, 6) is 1.98. The first-order valence-corrected chi connectivity index (χ1v) is 8.07. The van der Waals surface area contributed by atoms with Gasteiger partial charge in [-0.3, -0.25) is 4.79 Å². The van der Waals surface area contributed by atoms with Crippen molar-refractivity contribution in [3.8, 4) is 0 Å². The smallest absolute Gasteiger partial charge is 0.223 e. The van der Waals surface area contributed by atoms with E-state index in [1.807, 2.05) is 0 Å². The van der Waals surface area contributed by atoms with Crippen LogP contribution in [0, 0.1) is 17.8 Å². The van der Waals surface area contributed by atoms with Gasteiger partial charge in [-0.15, -0.1) is 0 Å². The molecule has 2 saturated carbocycles. The van der Waals surface area contributed by atoms with Gasteiger partial charge < -0.3 is 11.1 Å². The fourth-order valence-electron chi connectivity index (χ4n) is 3.90. The summed E-state index contributed by atoms with van der Waals surface area (Å²) in [6.07, 6.45) is 9.10. The molecule has 0 aliphatic heterocycles. The lowest BCUT2D eigenvalue weighted by atomic mass is 9.75. The highest BCUT2D eigenvalue weighted by Crippen LogP contribution is 2.33. The zero-order valence-corrected chi connectivity index (χ0v) is 12.6. The minimum absolute atomic E-state index is 0.113. The summed E-state index contributed by atoms with van der Waals surface area (Å²) >= 11 is 0. The summed E-state index contributed by atoms with van der Waals surface area (Å²) in [5.41, 5.74) is 5.87. The monoisotopic (exact) mass is 266 g/mol. The maximum atomic E-state index is 12.5. The van der Waals surface area contributed by atoms with Crippen molar-refractivity contribution in [2.45, 2.75) is 70.8 Å². The topological polar surface area (TPSA) is 55.1 Å². The van der Waals surface area contributed by atoms with Crippen LogP contribution in [0.2, 0.25) is 0 Å². The number of amides is 1. The molecule has 0 spiro atoms. The minimum atomic E-state index is -0.113. The number of rotatable bonds is 3. The van der Waals surface area contributed by atoms with E-state index < -0.39 is 0 Å². The van der Waals surface area contributed by atoms with Gasteiger partial charge in [0.1, 0.15) is 0 Å². The third kappa shape index (κ3) is 3.71. The van der Waals surface area contributed by atoms with Gasteiger partial charge in [0, 0.05) is 12.5 Å². The number of nitrogens with two attached hydrogens (primary N) is 1. The number of hydrogen-bond donors (Lipinski definition) is 2. The second-order valence-corrected chi connectivity index (χ2v) is 7.13. The predicted octanol–water partition coefficient (Wildman–Crippen LogP) is 2.84. The van der Waals surface area contributed by atoms with Gasteiger partial charge in [0.15, 0.2) is 0 Å². The van der Waals surface area contributed by atoms with E-state index in [1.165, 1.54) is 25.7 Å². The first kappa shape index (κ1) is 14.8. The molecule has 0 aromatic heterocycles. The zero-order chi connectivity index (χ0) is 13.9. The Labute approximate surface area is 117 Å². The van der Waals surface area contributed by atoms with Crippen molar-refractivity contribution in [3.05, 3.63) is 0 Å².